The SMILES string of the molecule is Fc1ccccc1-c1nc2nc(S)sc2cc1Br. The van der Waals surface area contributed by atoms with Crippen molar-refractivity contribution >= 4 is 50.2 Å². The first-order valence-electron chi connectivity index (χ1n) is 5.06. The second kappa shape index (κ2) is 4.60. The highest BCUT2D eigenvalue weighted by Crippen LogP contribution is 2.33. The number of halogens is 2. The van der Waals surface area contributed by atoms with Crippen LogP contribution in [0.1, 0.15) is 0 Å². The molecule has 0 fully saturated rings. The molecule has 0 saturated heterocycles. The van der Waals surface area contributed by atoms with Gasteiger partial charge in [0.2, 0.25) is 0 Å². The summed E-state index contributed by atoms with van der Waals surface area (Å²) in [5.41, 5.74) is 1.60. The molecule has 0 amide bonds. The molecule has 0 atom stereocenters. The third kappa shape index (κ3) is 2.04. The lowest BCUT2D eigenvalue weighted by molar-refractivity contribution is 0.630. The van der Waals surface area contributed by atoms with Gasteiger partial charge in [0, 0.05) is 10.0 Å². The number of fused-ring (bicyclic) bond motifs is 1. The third-order valence-electron chi connectivity index (χ3n) is 2.45. The van der Waals surface area contributed by atoms with Crippen LogP contribution in [0.2, 0.25) is 0 Å². The number of thiol groups is 1. The first-order valence-corrected chi connectivity index (χ1v) is 7.12. The normalized spacial score (nSPS) is 11.1. The first-order chi connectivity index (χ1) is 8.65. The summed E-state index contributed by atoms with van der Waals surface area (Å²) in [7, 11) is 0. The zero-order valence-electron chi connectivity index (χ0n) is 8.89. The van der Waals surface area contributed by atoms with E-state index < -0.39 is 0 Å². The van der Waals surface area contributed by atoms with E-state index in [0.717, 1.165) is 9.17 Å². The molecule has 0 unspecified atom stereocenters. The second-order valence-electron chi connectivity index (χ2n) is 3.62. The summed E-state index contributed by atoms with van der Waals surface area (Å²) in [6.07, 6.45) is 0. The van der Waals surface area contributed by atoms with Crippen LogP contribution in [0.25, 0.3) is 21.6 Å². The molecule has 90 valence electrons. The van der Waals surface area contributed by atoms with Gasteiger partial charge in [-0.3, -0.25) is 0 Å². The van der Waals surface area contributed by atoms with Gasteiger partial charge in [-0.05, 0) is 34.1 Å². The molecule has 3 aromatic rings. The fourth-order valence-electron chi connectivity index (χ4n) is 1.67. The summed E-state index contributed by atoms with van der Waals surface area (Å²) >= 11 is 9.06. The average molecular weight is 341 g/mol. The van der Waals surface area contributed by atoms with Crippen LogP contribution >= 0.6 is 39.9 Å². The highest BCUT2D eigenvalue weighted by molar-refractivity contribution is 9.10. The Bertz CT molecular complexity index is 742. The van der Waals surface area contributed by atoms with E-state index >= 15 is 0 Å². The fraction of sp³-hybridized carbons (Fsp3) is 0. The van der Waals surface area contributed by atoms with E-state index in [-0.39, 0.29) is 5.82 Å². The lowest BCUT2D eigenvalue weighted by Gasteiger charge is -2.04. The van der Waals surface area contributed by atoms with Gasteiger partial charge in [0.25, 0.3) is 0 Å². The van der Waals surface area contributed by atoms with Crippen molar-refractivity contribution in [1.82, 2.24) is 9.97 Å². The largest absolute Gasteiger partial charge is 0.226 e. The molecule has 0 aliphatic carbocycles. The van der Waals surface area contributed by atoms with Crippen molar-refractivity contribution < 1.29 is 4.39 Å². The Hall–Kier alpha value is -0.980. The van der Waals surface area contributed by atoms with E-state index in [4.69, 9.17) is 0 Å². The molecule has 3 rings (SSSR count). The maximum absolute atomic E-state index is 13.8. The Balaban J connectivity index is 2.29. The molecule has 6 heteroatoms. The number of benzene rings is 1. The van der Waals surface area contributed by atoms with Crippen molar-refractivity contribution in [2.75, 3.05) is 0 Å². The Labute approximate surface area is 120 Å². The topological polar surface area (TPSA) is 25.8 Å². The van der Waals surface area contributed by atoms with Crippen LogP contribution in [0.3, 0.4) is 0 Å². The molecule has 0 spiro atoms. The van der Waals surface area contributed by atoms with E-state index in [1.807, 2.05) is 6.07 Å². The predicted octanol–water partition coefficient (Wildman–Crippen LogP) is 4.55. The lowest BCUT2D eigenvalue weighted by atomic mass is 10.1. The highest BCUT2D eigenvalue weighted by Gasteiger charge is 2.13. The van der Waals surface area contributed by atoms with Gasteiger partial charge < -0.3 is 0 Å². The summed E-state index contributed by atoms with van der Waals surface area (Å²) in [5, 5.41) is 0. The number of thiazole rings is 1. The minimum absolute atomic E-state index is 0.300. The minimum atomic E-state index is -0.300. The minimum Gasteiger partial charge on any atom is -0.226 e. The zero-order chi connectivity index (χ0) is 12.7. The summed E-state index contributed by atoms with van der Waals surface area (Å²) in [4.78, 5) is 8.59. The molecule has 0 aliphatic heterocycles. The van der Waals surface area contributed by atoms with Crippen LogP contribution in [0.15, 0.2) is 39.1 Å². The van der Waals surface area contributed by atoms with Gasteiger partial charge >= 0.3 is 0 Å². The molecule has 0 radical (unpaired) electrons. The van der Waals surface area contributed by atoms with Gasteiger partial charge in [0.15, 0.2) is 5.65 Å². The molecular formula is C12H6BrFN2S2. The van der Waals surface area contributed by atoms with E-state index in [2.05, 4.69) is 38.5 Å². The molecule has 18 heavy (non-hydrogen) atoms. The first kappa shape index (κ1) is 12.1. The summed E-state index contributed by atoms with van der Waals surface area (Å²) in [5.74, 6) is -0.300. The van der Waals surface area contributed by atoms with Crippen LogP contribution < -0.4 is 0 Å². The number of aromatic nitrogens is 2. The fourth-order valence-corrected chi connectivity index (χ4v) is 3.43. The lowest BCUT2D eigenvalue weighted by Crippen LogP contribution is -1.90. The van der Waals surface area contributed by atoms with Crippen molar-refractivity contribution in [3.8, 4) is 11.3 Å². The van der Waals surface area contributed by atoms with Gasteiger partial charge in [0.05, 0.1) is 10.4 Å². The smallest absolute Gasteiger partial charge is 0.172 e. The molecule has 2 aromatic heterocycles. The monoisotopic (exact) mass is 340 g/mol. The molecule has 0 aliphatic rings. The van der Waals surface area contributed by atoms with E-state index in [1.54, 1.807) is 18.2 Å². The molecule has 0 bridgehead atoms. The molecule has 1 aromatic carbocycles. The van der Waals surface area contributed by atoms with Gasteiger partial charge in [-0.15, -0.1) is 24.0 Å². The second-order valence-corrected chi connectivity index (χ2v) is 6.23. The quantitative estimate of drug-likeness (QED) is 0.657. The van der Waals surface area contributed by atoms with Gasteiger partial charge in [-0.25, -0.2) is 14.4 Å². The maximum atomic E-state index is 13.8. The molecule has 0 saturated carbocycles. The maximum Gasteiger partial charge on any atom is 0.172 e. The van der Waals surface area contributed by atoms with Gasteiger partial charge in [-0.2, -0.15) is 0 Å². The van der Waals surface area contributed by atoms with Crippen molar-refractivity contribution in [3.63, 3.8) is 0 Å². The molecular weight excluding hydrogens is 335 g/mol. The van der Waals surface area contributed by atoms with Crippen molar-refractivity contribution in [2.45, 2.75) is 4.34 Å². The summed E-state index contributed by atoms with van der Waals surface area (Å²) < 4.78 is 16.1. The van der Waals surface area contributed by atoms with E-state index in [0.29, 0.717) is 21.2 Å². The van der Waals surface area contributed by atoms with Crippen LogP contribution in [0.5, 0.6) is 0 Å². The third-order valence-corrected chi connectivity index (χ3v) is 4.23. The van der Waals surface area contributed by atoms with Crippen molar-refractivity contribution in [2.24, 2.45) is 0 Å². The Morgan fingerprint density at radius 3 is 2.78 bits per heavy atom. The van der Waals surface area contributed by atoms with E-state index in [9.17, 15) is 4.39 Å². The Morgan fingerprint density at radius 2 is 2.00 bits per heavy atom. The van der Waals surface area contributed by atoms with Crippen LogP contribution in [-0.2, 0) is 0 Å². The van der Waals surface area contributed by atoms with Gasteiger partial charge in [0.1, 0.15) is 10.2 Å². The number of hydrogen-bond acceptors (Lipinski definition) is 4. The Kier molecular flexibility index (Phi) is 3.09. The summed E-state index contributed by atoms with van der Waals surface area (Å²) in [6.45, 7) is 0. The number of hydrogen-bond donors (Lipinski definition) is 1. The Morgan fingerprint density at radius 1 is 1.22 bits per heavy atom. The zero-order valence-corrected chi connectivity index (χ0v) is 12.2. The van der Waals surface area contributed by atoms with Crippen molar-refractivity contribution in [3.05, 3.63) is 40.6 Å². The van der Waals surface area contributed by atoms with Crippen LogP contribution in [0, 0.1) is 5.82 Å². The number of pyridine rings is 1. The van der Waals surface area contributed by atoms with Crippen LogP contribution in [-0.4, -0.2) is 9.97 Å². The van der Waals surface area contributed by atoms with Crippen LogP contribution in [0.4, 0.5) is 4.39 Å². The number of rotatable bonds is 1. The summed E-state index contributed by atoms with van der Waals surface area (Å²) in [6, 6.07) is 8.43. The molecule has 2 heterocycles. The molecule has 0 N–H and O–H groups in total. The number of nitrogens with zero attached hydrogens (tertiary/aromatic N) is 2. The van der Waals surface area contributed by atoms with Crippen molar-refractivity contribution in [1.29, 1.82) is 0 Å². The van der Waals surface area contributed by atoms with E-state index in [1.165, 1.54) is 17.4 Å². The highest BCUT2D eigenvalue weighted by atomic mass is 79.9. The standard InChI is InChI=1S/C12H6BrFN2S2/c13-7-5-9-11(16-12(17)18-9)15-10(7)6-3-1-2-4-8(6)14/h1-5H,(H,15,16,17). The average Bonchev–Trinajstić information content (AvgIpc) is 2.68. The van der Waals surface area contributed by atoms with Gasteiger partial charge in [-0.1, -0.05) is 12.1 Å². The molecule has 2 nitrogen and oxygen atoms in total. The predicted molar refractivity (Wildman–Crippen MR) is 77.8 cm³/mol.